The van der Waals surface area contributed by atoms with Crippen molar-refractivity contribution in [2.24, 2.45) is 0 Å². The normalized spacial score (nSPS) is 15.3. The monoisotopic (exact) mass is 423 g/mol. The second-order valence-corrected chi connectivity index (χ2v) is 6.35. The molecule has 1 aliphatic heterocycles. The van der Waals surface area contributed by atoms with Gasteiger partial charge >= 0.3 is 0 Å². The van der Waals surface area contributed by atoms with E-state index in [1.165, 1.54) is 3.57 Å². The van der Waals surface area contributed by atoms with Crippen molar-refractivity contribution in [3.05, 3.63) is 33.4 Å². The van der Waals surface area contributed by atoms with Crippen LogP contribution in [0.25, 0.3) is 0 Å². The van der Waals surface area contributed by atoms with Gasteiger partial charge in [-0.15, -0.1) is 12.4 Å². The molecule has 1 fully saturated rings. The first-order valence-corrected chi connectivity index (χ1v) is 8.26. The van der Waals surface area contributed by atoms with Crippen molar-refractivity contribution in [3.63, 3.8) is 0 Å². The average Bonchev–Trinajstić information content (AvgIpc) is 2.45. The van der Waals surface area contributed by atoms with Gasteiger partial charge in [-0.1, -0.05) is 12.1 Å². The van der Waals surface area contributed by atoms with Crippen LogP contribution in [-0.2, 0) is 11.2 Å². The Bertz CT molecular complexity index is 439. The number of hydrogen-bond donors (Lipinski definition) is 2. The maximum absolute atomic E-state index is 11.8. The van der Waals surface area contributed by atoms with Gasteiger partial charge in [0.2, 0.25) is 5.91 Å². The van der Waals surface area contributed by atoms with Gasteiger partial charge in [0.1, 0.15) is 0 Å². The number of amides is 1. The smallest absolute Gasteiger partial charge is 0.224 e. The largest absolute Gasteiger partial charge is 0.356 e. The van der Waals surface area contributed by atoms with E-state index in [9.17, 15) is 4.79 Å². The number of carbonyl (C=O) groups excluding carboxylic acids is 1. The standard InChI is InChI=1S/C15H22IN3O.ClH/c16-14-4-1-3-13(11-14)12-15(20)18-5-2-8-19-9-6-17-7-10-19;/h1,3-4,11,17H,2,5-10,12H2,(H,18,20);1H. The molecule has 2 N–H and O–H groups in total. The van der Waals surface area contributed by atoms with Crippen LogP contribution in [0, 0.1) is 3.57 Å². The summed E-state index contributed by atoms with van der Waals surface area (Å²) in [6, 6.07) is 8.09. The SMILES string of the molecule is Cl.O=C(Cc1cccc(I)c1)NCCCN1CCNCC1. The van der Waals surface area contributed by atoms with Crippen molar-refractivity contribution in [1.29, 1.82) is 0 Å². The van der Waals surface area contributed by atoms with Crippen molar-refractivity contribution in [2.75, 3.05) is 39.3 Å². The molecule has 0 aromatic heterocycles. The number of halogens is 2. The Morgan fingerprint density at radius 2 is 2.10 bits per heavy atom. The minimum absolute atomic E-state index is 0. The molecule has 6 heteroatoms. The van der Waals surface area contributed by atoms with E-state index in [4.69, 9.17) is 0 Å². The molecule has 0 radical (unpaired) electrons. The van der Waals surface area contributed by atoms with E-state index in [0.717, 1.165) is 51.3 Å². The zero-order valence-corrected chi connectivity index (χ0v) is 15.1. The second-order valence-electron chi connectivity index (χ2n) is 5.10. The fraction of sp³-hybridized carbons (Fsp3) is 0.533. The van der Waals surface area contributed by atoms with Crippen LogP contribution in [0.3, 0.4) is 0 Å². The number of benzene rings is 1. The Labute approximate surface area is 146 Å². The fourth-order valence-electron chi connectivity index (χ4n) is 2.36. The summed E-state index contributed by atoms with van der Waals surface area (Å²) in [7, 11) is 0. The summed E-state index contributed by atoms with van der Waals surface area (Å²) in [6.45, 7) is 6.25. The molecule has 4 nitrogen and oxygen atoms in total. The minimum Gasteiger partial charge on any atom is -0.356 e. The summed E-state index contributed by atoms with van der Waals surface area (Å²) in [5.41, 5.74) is 1.08. The van der Waals surface area contributed by atoms with E-state index in [-0.39, 0.29) is 18.3 Å². The number of nitrogens with zero attached hydrogens (tertiary/aromatic N) is 1. The van der Waals surface area contributed by atoms with E-state index in [0.29, 0.717) is 6.42 Å². The Morgan fingerprint density at radius 3 is 2.81 bits per heavy atom. The molecule has 1 saturated heterocycles. The van der Waals surface area contributed by atoms with Crippen LogP contribution in [0.2, 0.25) is 0 Å². The highest BCUT2D eigenvalue weighted by Gasteiger charge is 2.09. The van der Waals surface area contributed by atoms with Crippen LogP contribution < -0.4 is 10.6 Å². The molecule has 1 aliphatic rings. The average molecular weight is 424 g/mol. The molecule has 1 heterocycles. The number of carbonyl (C=O) groups is 1. The molecule has 0 spiro atoms. The van der Waals surface area contributed by atoms with Crippen LogP contribution in [0.15, 0.2) is 24.3 Å². The van der Waals surface area contributed by atoms with Crippen molar-refractivity contribution in [2.45, 2.75) is 12.8 Å². The number of piperazine rings is 1. The lowest BCUT2D eigenvalue weighted by Crippen LogP contribution is -2.44. The van der Waals surface area contributed by atoms with Gasteiger partial charge in [0.05, 0.1) is 6.42 Å². The number of nitrogens with one attached hydrogen (secondary N) is 2. The molecule has 0 aliphatic carbocycles. The van der Waals surface area contributed by atoms with E-state index >= 15 is 0 Å². The van der Waals surface area contributed by atoms with Gasteiger partial charge in [-0.05, 0) is 53.3 Å². The van der Waals surface area contributed by atoms with Gasteiger partial charge < -0.3 is 15.5 Å². The highest BCUT2D eigenvalue weighted by molar-refractivity contribution is 14.1. The van der Waals surface area contributed by atoms with Crippen molar-refractivity contribution in [3.8, 4) is 0 Å². The van der Waals surface area contributed by atoms with E-state index in [1.807, 2.05) is 18.2 Å². The van der Waals surface area contributed by atoms with Crippen molar-refractivity contribution < 1.29 is 4.79 Å². The van der Waals surface area contributed by atoms with Gasteiger partial charge in [0.25, 0.3) is 0 Å². The third-order valence-corrected chi connectivity index (χ3v) is 4.11. The summed E-state index contributed by atoms with van der Waals surface area (Å²) < 4.78 is 1.17. The lowest BCUT2D eigenvalue weighted by atomic mass is 10.1. The third kappa shape index (κ3) is 7.44. The van der Waals surface area contributed by atoms with Gasteiger partial charge in [0, 0.05) is 36.3 Å². The predicted molar refractivity (Wildman–Crippen MR) is 97.0 cm³/mol. The number of rotatable bonds is 6. The molecule has 21 heavy (non-hydrogen) atoms. The topological polar surface area (TPSA) is 44.4 Å². The van der Waals surface area contributed by atoms with Gasteiger partial charge in [0.15, 0.2) is 0 Å². The molecule has 1 aromatic carbocycles. The Kier molecular flexibility index (Phi) is 9.23. The lowest BCUT2D eigenvalue weighted by molar-refractivity contribution is -0.120. The molecule has 1 amide bonds. The van der Waals surface area contributed by atoms with Gasteiger partial charge in [-0.25, -0.2) is 0 Å². The molecule has 0 unspecified atom stereocenters. The molecule has 0 bridgehead atoms. The molecule has 1 aromatic rings. The first-order valence-electron chi connectivity index (χ1n) is 7.18. The predicted octanol–water partition coefficient (Wildman–Crippen LogP) is 1.67. The zero-order chi connectivity index (χ0) is 14.2. The minimum atomic E-state index is 0. The summed E-state index contributed by atoms with van der Waals surface area (Å²) in [5, 5.41) is 6.35. The molecule has 118 valence electrons. The zero-order valence-electron chi connectivity index (χ0n) is 12.1. The fourth-order valence-corrected chi connectivity index (χ4v) is 2.97. The van der Waals surface area contributed by atoms with Crippen molar-refractivity contribution >= 4 is 40.9 Å². The quantitative estimate of drug-likeness (QED) is 0.540. The van der Waals surface area contributed by atoms with Crippen LogP contribution in [-0.4, -0.2) is 50.1 Å². The first kappa shape index (κ1) is 18.7. The maximum Gasteiger partial charge on any atom is 0.224 e. The second kappa shape index (κ2) is 10.4. The highest BCUT2D eigenvalue weighted by atomic mass is 127. The van der Waals surface area contributed by atoms with Gasteiger partial charge in [-0.3, -0.25) is 4.79 Å². The van der Waals surface area contributed by atoms with E-state index in [2.05, 4.69) is 44.2 Å². The lowest BCUT2D eigenvalue weighted by Gasteiger charge is -2.27. The Balaban J connectivity index is 0.00000220. The summed E-state index contributed by atoms with van der Waals surface area (Å²) in [6.07, 6.45) is 1.50. The number of hydrogen-bond acceptors (Lipinski definition) is 3. The van der Waals surface area contributed by atoms with Crippen LogP contribution >= 0.6 is 35.0 Å². The highest BCUT2D eigenvalue weighted by Crippen LogP contribution is 2.08. The maximum atomic E-state index is 11.8. The van der Waals surface area contributed by atoms with Crippen molar-refractivity contribution in [1.82, 2.24) is 15.5 Å². The molecule has 0 atom stereocenters. The van der Waals surface area contributed by atoms with Crippen LogP contribution in [0.1, 0.15) is 12.0 Å². The summed E-state index contributed by atoms with van der Waals surface area (Å²) >= 11 is 2.27. The van der Waals surface area contributed by atoms with E-state index < -0.39 is 0 Å². The molecular weight excluding hydrogens is 401 g/mol. The Morgan fingerprint density at radius 1 is 1.33 bits per heavy atom. The first-order chi connectivity index (χ1) is 9.74. The van der Waals surface area contributed by atoms with E-state index in [1.54, 1.807) is 0 Å². The third-order valence-electron chi connectivity index (χ3n) is 3.44. The van der Waals surface area contributed by atoms with Crippen LogP contribution in [0.5, 0.6) is 0 Å². The summed E-state index contributed by atoms with van der Waals surface area (Å²) in [5.74, 6) is 0.118. The van der Waals surface area contributed by atoms with Gasteiger partial charge in [-0.2, -0.15) is 0 Å². The molecule has 0 saturated carbocycles. The Hall–Kier alpha value is -0.370. The van der Waals surface area contributed by atoms with Crippen LogP contribution in [0.4, 0.5) is 0 Å². The molecular formula is C15H23ClIN3O. The summed E-state index contributed by atoms with van der Waals surface area (Å²) in [4.78, 5) is 14.3. The molecule has 2 rings (SSSR count).